The highest BCUT2D eigenvalue weighted by molar-refractivity contribution is 9.10. The molecule has 162 valence electrons. The van der Waals surface area contributed by atoms with Gasteiger partial charge in [-0.1, -0.05) is 52.0 Å². The van der Waals surface area contributed by atoms with E-state index in [4.69, 9.17) is 17.0 Å². The van der Waals surface area contributed by atoms with Gasteiger partial charge in [-0.25, -0.2) is 0 Å². The smallest absolute Gasteiger partial charge is 0.266 e. The van der Waals surface area contributed by atoms with Crippen LogP contribution in [-0.2, 0) is 9.59 Å². The third kappa shape index (κ3) is 5.75. The zero-order chi connectivity index (χ0) is 22.7. The quantitative estimate of drug-likeness (QED) is 0.393. The fourth-order valence-corrected chi connectivity index (χ4v) is 5.38. The number of nitrogens with zero attached hydrogens (tertiary/aromatic N) is 1. The van der Waals surface area contributed by atoms with Crippen LogP contribution in [0.2, 0.25) is 0 Å². The molecule has 31 heavy (non-hydrogen) atoms. The molecule has 5 nitrogen and oxygen atoms in total. The van der Waals surface area contributed by atoms with Gasteiger partial charge in [0.05, 0.1) is 4.91 Å². The van der Waals surface area contributed by atoms with E-state index >= 15 is 0 Å². The number of thiocarbonyl (C=S) groups is 1. The number of hydrogen-bond donors (Lipinski definition) is 1. The molecule has 0 spiro atoms. The Morgan fingerprint density at radius 1 is 1.23 bits per heavy atom. The molecule has 1 saturated heterocycles. The molecule has 3 rings (SSSR count). The monoisotopic (exact) mass is 518 g/mol. The van der Waals surface area contributed by atoms with Crippen LogP contribution < -0.4 is 10.1 Å². The van der Waals surface area contributed by atoms with Gasteiger partial charge in [-0.15, -0.1) is 0 Å². The maximum absolute atomic E-state index is 12.5. The summed E-state index contributed by atoms with van der Waals surface area (Å²) in [6.45, 7) is 7.68. The second-order valence-corrected chi connectivity index (χ2v) is 10.1. The van der Waals surface area contributed by atoms with Crippen molar-refractivity contribution in [2.45, 2.75) is 33.7 Å². The van der Waals surface area contributed by atoms with Gasteiger partial charge in [-0.05, 0) is 74.7 Å². The first-order valence-corrected chi connectivity index (χ1v) is 11.7. The van der Waals surface area contributed by atoms with Crippen molar-refractivity contribution < 1.29 is 14.3 Å². The Morgan fingerprint density at radius 2 is 1.84 bits per heavy atom. The number of aryl methyl sites for hydroxylation is 2. The van der Waals surface area contributed by atoms with E-state index in [0.29, 0.717) is 15.0 Å². The Morgan fingerprint density at radius 3 is 2.39 bits per heavy atom. The number of amides is 2. The fourth-order valence-electron chi connectivity index (χ4n) is 3.17. The molecule has 0 aromatic heterocycles. The Hall–Kier alpha value is -2.16. The summed E-state index contributed by atoms with van der Waals surface area (Å²) in [5, 5.41) is 2.91. The van der Waals surface area contributed by atoms with E-state index in [1.807, 2.05) is 58.0 Å². The molecule has 0 radical (unpaired) electrons. The lowest BCUT2D eigenvalue weighted by atomic mass is 10.1. The molecule has 1 N–H and O–H groups in total. The fraction of sp³-hybridized carbons (Fsp3) is 0.261. The van der Waals surface area contributed by atoms with Crippen LogP contribution in [0.25, 0.3) is 6.08 Å². The molecule has 1 aliphatic heterocycles. The molecule has 8 heteroatoms. The molecule has 2 amide bonds. The van der Waals surface area contributed by atoms with Gasteiger partial charge in [0.1, 0.15) is 10.1 Å². The number of halogens is 1. The van der Waals surface area contributed by atoms with Crippen LogP contribution in [-0.4, -0.2) is 33.7 Å². The third-order valence-corrected chi connectivity index (χ3v) is 6.44. The summed E-state index contributed by atoms with van der Waals surface area (Å²) in [5.74, 6) is 0.279. The second-order valence-electron chi connectivity index (χ2n) is 7.47. The van der Waals surface area contributed by atoms with Crippen LogP contribution in [0.5, 0.6) is 5.75 Å². The number of rotatable bonds is 6. The topological polar surface area (TPSA) is 58.6 Å². The predicted molar refractivity (Wildman–Crippen MR) is 134 cm³/mol. The predicted octanol–water partition coefficient (Wildman–Crippen LogP) is 5.69. The van der Waals surface area contributed by atoms with Crippen LogP contribution >= 0.6 is 39.9 Å². The zero-order valence-electron chi connectivity index (χ0n) is 17.7. The Kier molecular flexibility index (Phi) is 7.56. The molecular formula is C23H23BrN2O3S2. The van der Waals surface area contributed by atoms with Crippen molar-refractivity contribution in [2.75, 3.05) is 11.9 Å². The minimum Gasteiger partial charge on any atom is -0.484 e. The van der Waals surface area contributed by atoms with Crippen LogP contribution in [0.15, 0.2) is 45.8 Å². The SMILES string of the molecule is Cc1cc(Br)cc(C)c1NC(=O)COc1ccc(/C=C2\SC(=S)N(C(C)C)C2=O)cc1. The van der Waals surface area contributed by atoms with Crippen molar-refractivity contribution in [1.82, 2.24) is 4.90 Å². The summed E-state index contributed by atoms with van der Waals surface area (Å²) in [5.41, 5.74) is 3.62. The average Bonchev–Trinajstić information content (AvgIpc) is 2.97. The average molecular weight is 519 g/mol. The van der Waals surface area contributed by atoms with Crippen molar-refractivity contribution in [3.05, 3.63) is 62.5 Å². The number of thioether (sulfide) groups is 1. The molecule has 0 aliphatic carbocycles. The largest absolute Gasteiger partial charge is 0.484 e. The van der Waals surface area contributed by atoms with E-state index in [9.17, 15) is 9.59 Å². The summed E-state index contributed by atoms with van der Waals surface area (Å²) >= 11 is 10.1. The van der Waals surface area contributed by atoms with Crippen molar-refractivity contribution in [2.24, 2.45) is 0 Å². The summed E-state index contributed by atoms with van der Waals surface area (Å²) in [6, 6.07) is 11.2. The second kappa shape index (κ2) is 9.97. The van der Waals surface area contributed by atoms with Crippen molar-refractivity contribution in [3.63, 3.8) is 0 Å². The molecule has 2 aromatic rings. The number of carbonyl (C=O) groups excluding carboxylic acids is 2. The lowest BCUT2D eigenvalue weighted by Gasteiger charge is -2.18. The van der Waals surface area contributed by atoms with Crippen molar-refractivity contribution in [1.29, 1.82) is 0 Å². The molecule has 1 heterocycles. The van der Waals surface area contributed by atoms with E-state index in [0.717, 1.165) is 26.9 Å². The van der Waals surface area contributed by atoms with Crippen LogP contribution in [0.3, 0.4) is 0 Å². The highest BCUT2D eigenvalue weighted by Gasteiger charge is 2.33. The molecular weight excluding hydrogens is 496 g/mol. The van der Waals surface area contributed by atoms with Crippen molar-refractivity contribution in [3.8, 4) is 5.75 Å². The Labute approximate surface area is 200 Å². The molecule has 0 saturated carbocycles. The van der Waals surface area contributed by atoms with Gasteiger partial charge in [0, 0.05) is 16.2 Å². The lowest BCUT2D eigenvalue weighted by Crippen LogP contribution is -2.34. The van der Waals surface area contributed by atoms with Gasteiger partial charge in [-0.3, -0.25) is 14.5 Å². The van der Waals surface area contributed by atoms with Crippen molar-refractivity contribution >= 4 is 67.8 Å². The Bertz CT molecular complexity index is 1040. The van der Waals surface area contributed by atoms with Gasteiger partial charge in [0.2, 0.25) is 0 Å². The minimum absolute atomic E-state index is 0.0327. The molecule has 0 unspecified atom stereocenters. The zero-order valence-corrected chi connectivity index (χ0v) is 20.9. The number of benzene rings is 2. The van der Waals surface area contributed by atoms with Crippen LogP contribution in [0, 0.1) is 13.8 Å². The Balaban J connectivity index is 1.60. The van der Waals surface area contributed by atoms with E-state index in [1.165, 1.54) is 11.8 Å². The van der Waals surface area contributed by atoms with Gasteiger partial charge >= 0.3 is 0 Å². The molecule has 1 fully saturated rings. The first-order valence-electron chi connectivity index (χ1n) is 9.72. The summed E-state index contributed by atoms with van der Waals surface area (Å²) in [6.07, 6.45) is 1.82. The third-order valence-electron chi connectivity index (χ3n) is 4.65. The molecule has 0 bridgehead atoms. The molecule has 0 atom stereocenters. The number of nitrogens with one attached hydrogen (secondary N) is 1. The minimum atomic E-state index is -0.227. The lowest BCUT2D eigenvalue weighted by molar-refractivity contribution is -0.123. The van der Waals surface area contributed by atoms with E-state index in [2.05, 4.69) is 21.2 Å². The molecule has 2 aromatic carbocycles. The number of carbonyl (C=O) groups is 2. The first-order chi connectivity index (χ1) is 14.7. The van der Waals surface area contributed by atoms with E-state index in [1.54, 1.807) is 17.0 Å². The van der Waals surface area contributed by atoms with Gasteiger partial charge in [0.25, 0.3) is 11.8 Å². The first kappa shape index (κ1) is 23.5. The van der Waals surface area contributed by atoms with Gasteiger partial charge in [-0.2, -0.15) is 0 Å². The maximum atomic E-state index is 12.5. The normalized spacial score (nSPS) is 15.2. The van der Waals surface area contributed by atoms with Gasteiger partial charge in [0.15, 0.2) is 6.61 Å². The van der Waals surface area contributed by atoms with E-state index in [-0.39, 0.29) is 24.5 Å². The molecule has 1 aliphatic rings. The summed E-state index contributed by atoms with van der Waals surface area (Å²) in [7, 11) is 0. The van der Waals surface area contributed by atoms with E-state index < -0.39 is 0 Å². The number of ether oxygens (including phenoxy) is 1. The summed E-state index contributed by atoms with van der Waals surface area (Å²) in [4.78, 5) is 27.0. The number of hydrogen-bond acceptors (Lipinski definition) is 5. The van der Waals surface area contributed by atoms with Crippen LogP contribution in [0.4, 0.5) is 5.69 Å². The highest BCUT2D eigenvalue weighted by Crippen LogP contribution is 2.34. The highest BCUT2D eigenvalue weighted by atomic mass is 79.9. The van der Waals surface area contributed by atoms with Gasteiger partial charge < -0.3 is 10.1 Å². The standard InChI is InChI=1S/C23H23BrN2O3S2/c1-13(2)26-22(28)19(31-23(26)30)11-16-5-7-18(8-6-16)29-12-20(27)25-21-14(3)9-17(24)10-15(21)4/h5-11,13H,12H2,1-4H3,(H,25,27)/b19-11-. The maximum Gasteiger partial charge on any atom is 0.266 e. The summed E-state index contributed by atoms with van der Waals surface area (Å²) < 4.78 is 7.16. The van der Waals surface area contributed by atoms with Crippen LogP contribution in [0.1, 0.15) is 30.5 Å². The number of anilines is 1.